The molecule has 0 unspecified atom stereocenters. The Bertz CT molecular complexity index is 739. The summed E-state index contributed by atoms with van der Waals surface area (Å²) in [5.74, 6) is -0.891. The molecule has 5 nitrogen and oxygen atoms in total. The van der Waals surface area contributed by atoms with Crippen molar-refractivity contribution in [1.82, 2.24) is 0 Å². The number of esters is 1. The molecule has 1 amide bonds. The fourth-order valence-electron chi connectivity index (χ4n) is 1.99. The SMILES string of the molecule is CC(=O)Nc1ccc(CC(=O)OCC(=O)c2ccc(Br)cc2)cc1. The number of hydrogen-bond donors (Lipinski definition) is 1. The van der Waals surface area contributed by atoms with E-state index < -0.39 is 5.97 Å². The van der Waals surface area contributed by atoms with Gasteiger partial charge in [-0.1, -0.05) is 40.2 Å². The van der Waals surface area contributed by atoms with Crippen molar-refractivity contribution >= 4 is 39.3 Å². The summed E-state index contributed by atoms with van der Waals surface area (Å²) in [4.78, 5) is 34.7. The first-order valence-corrected chi connectivity index (χ1v) is 8.04. The number of halogens is 1. The second kappa shape index (κ2) is 8.40. The van der Waals surface area contributed by atoms with Gasteiger partial charge in [0.05, 0.1) is 6.42 Å². The highest BCUT2D eigenvalue weighted by Crippen LogP contribution is 2.12. The van der Waals surface area contributed by atoms with Gasteiger partial charge in [-0.3, -0.25) is 14.4 Å². The van der Waals surface area contributed by atoms with E-state index >= 15 is 0 Å². The Morgan fingerprint density at radius 2 is 1.62 bits per heavy atom. The highest BCUT2D eigenvalue weighted by Gasteiger charge is 2.10. The van der Waals surface area contributed by atoms with Crippen LogP contribution in [0.1, 0.15) is 22.8 Å². The van der Waals surface area contributed by atoms with Crippen LogP contribution in [0.15, 0.2) is 53.0 Å². The number of anilines is 1. The molecule has 0 atom stereocenters. The number of ether oxygens (including phenoxy) is 1. The number of amides is 1. The minimum absolute atomic E-state index is 0.0635. The Hall–Kier alpha value is -2.47. The van der Waals surface area contributed by atoms with E-state index in [1.54, 1.807) is 48.5 Å². The number of hydrogen-bond acceptors (Lipinski definition) is 4. The second-order valence-corrected chi connectivity index (χ2v) is 6.06. The van der Waals surface area contributed by atoms with E-state index in [1.165, 1.54) is 6.92 Å². The van der Waals surface area contributed by atoms with Gasteiger partial charge in [0.1, 0.15) is 0 Å². The molecule has 0 saturated heterocycles. The number of carbonyl (C=O) groups is 3. The van der Waals surface area contributed by atoms with E-state index in [2.05, 4.69) is 21.2 Å². The van der Waals surface area contributed by atoms with Crippen molar-refractivity contribution in [2.24, 2.45) is 0 Å². The third-order valence-electron chi connectivity index (χ3n) is 3.15. The summed E-state index contributed by atoms with van der Waals surface area (Å²) in [6, 6.07) is 13.7. The van der Waals surface area contributed by atoms with E-state index in [0.717, 1.165) is 10.0 Å². The highest BCUT2D eigenvalue weighted by molar-refractivity contribution is 9.10. The molecule has 0 aliphatic heterocycles. The molecular weight excluding hydrogens is 374 g/mol. The molecule has 0 spiro atoms. The molecule has 2 rings (SSSR count). The molecule has 0 fully saturated rings. The summed E-state index contributed by atoms with van der Waals surface area (Å²) in [6.45, 7) is 1.14. The van der Waals surface area contributed by atoms with Crippen LogP contribution < -0.4 is 5.32 Å². The number of ketones is 1. The molecule has 0 aromatic heterocycles. The molecular formula is C18H16BrNO4. The lowest BCUT2D eigenvalue weighted by atomic mass is 10.1. The van der Waals surface area contributed by atoms with Gasteiger partial charge >= 0.3 is 5.97 Å². The summed E-state index contributed by atoms with van der Waals surface area (Å²) >= 11 is 3.29. The van der Waals surface area contributed by atoms with Crippen LogP contribution in [0, 0.1) is 0 Å². The third-order valence-corrected chi connectivity index (χ3v) is 3.68. The second-order valence-electron chi connectivity index (χ2n) is 5.15. The zero-order valence-corrected chi connectivity index (χ0v) is 14.6. The average molecular weight is 390 g/mol. The quantitative estimate of drug-likeness (QED) is 0.607. The Morgan fingerprint density at radius 1 is 1.00 bits per heavy atom. The Labute approximate surface area is 148 Å². The van der Waals surface area contributed by atoms with Crippen molar-refractivity contribution in [3.05, 3.63) is 64.1 Å². The van der Waals surface area contributed by atoms with Crippen LogP contribution in [0.25, 0.3) is 0 Å². The number of Topliss-reactive ketones (excluding diaryl/α,β-unsaturated/α-hetero) is 1. The predicted octanol–water partition coefficient (Wildman–Crippen LogP) is 3.38. The van der Waals surface area contributed by atoms with Crippen molar-refractivity contribution in [2.45, 2.75) is 13.3 Å². The molecule has 24 heavy (non-hydrogen) atoms. The first-order valence-electron chi connectivity index (χ1n) is 7.25. The van der Waals surface area contributed by atoms with Crippen LogP contribution >= 0.6 is 15.9 Å². The van der Waals surface area contributed by atoms with Gasteiger partial charge in [0, 0.05) is 22.6 Å². The first kappa shape index (κ1) is 17.9. The Morgan fingerprint density at radius 3 is 2.21 bits per heavy atom. The molecule has 0 heterocycles. The van der Waals surface area contributed by atoms with Crippen LogP contribution in [0.5, 0.6) is 0 Å². The third kappa shape index (κ3) is 5.62. The summed E-state index contributed by atoms with van der Waals surface area (Å²) in [7, 11) is 0. The fraction of sp³-hybridized carbons (Fsp3) is 0.167. The standard InChI is InChI=1S/C18H16BrNO4/c1-12(21)20-16-8-2-13(3-9-16)10-18(23)24-11-17(22)14-4-6-15(19)7-5-14/h2-9H,10-11H2,1H3,(H,20,21). The largest absolute Gasteiger partial charge is 0.457 e. The van der Waals surface area contributed by atoms with Gasteiger partial charge in [-0.05, 0) is 29.8 Å². The van der Waals surface area contributed by atoms with Crippen LogP contribution in [-0.2, 0) is 20.7 Å². The number of carbonyl (C=O) groups excluding carboxylic acids is 3. The molecule has 0 aliphatic rings. The van der Waals surface area contributed by atoms with Crippen LogP contribution in [-0.4, -0.2) is 24.3 Å². The van der Waals surface area contributed by atoms with Gasteiger partial charge in [0.2, 0.25) is 5.91 Å². The minimum Gasteiger partial charge on any atom is -0.457 e. The van der Waals surface area contributed by atoms with Crippen molar-refractivity contribution in [1.29, 1.82) is 0 Å². The van der Waals surface area contributed by atoms with Crippen molar-refractivity contribution in [2.75, 3.05) is 11.9 Å². The number of benzene rings is 2. The zero-order chi connectivity index (χ0) is 17.5. The monoisotopic (exact) mass is 389 g/mol. The minimum atomic E-state index is -0.479. The molecule has 0 bridgehead atoms. The van der Waals surface area contributed by atoms with Crippen LogP contribution in [0.2, 0.25) is 0 Å². The first-order chi connectivity index (χ1) is 11.4. The van der Waals surface area contributed by atoms with Crippen molar-refractivity contribution in [3.8, 4) is 0 Å². The lowest BCUT2D eigenvalue weighted by molar-refractivity contribution is -0.141. The van der Waals surface area contributed by atoms with E-state index in [0.29, 0.717) is 11.3 Å². The van der Waals surface area contributed by atoms with Crippen LogP contribution in [0.3, 0.4) is 0 Å². The maximum atomic E-state index is 11.9. The van der Waals surface area contributed by atoms with Gasteiger partial charge in [0.25, 0.3) is 0 Å². The lowest BCUT2D eigenvalue weighted by Crippen LogP contribution is -2.15. The van der Waals surface area contributed by atoms with Crippen molar-refractivity contribution < 1.29 is 19.1 Å². The van der Waals surface area contributed by atoms with E-state index in [4.69, 9.17) is 4.74 Å². The van der Waals surface area contributed by atoms with E-state index in [-0.39, 0.29) is 24.7 Å². The zero-order valence-electron chi connectivity index (χ0n) is 13.0. The van der Waals surface area contributed by atoms with Gasteiger partial charge in [-0.25, -0.2) is 0 Å². The molecule has 2 aromatic carbocycles. The highest BCUT2D eigenvalue weighted by atomic mass is 79.9. The summed E-state index contributed by atoms with van der Waals surface area (Å²) in [5, 5.41) is 2.64. The van der Waals surface area contributed by atoms with Gasteiger partial charge in [-0.2, -0.15) is 0 Å². The number of nitrogens with one attached hydrogen (secondary N) is 1. The Kier molecular flexibility index (Phi) is 6.26. The smallest absolute Gasteiger partial charge is 0.310 e. The van der Waals surface area contributed by atoms with Crippen LogP contribution in [0.4, 0.5) is 5.69 Å². The molecule has 0 aliphatic carbocycles. The molecule has 124 valence electrons. The molecule has 0 saturated carbocycles. The molecule has 2 aromatic rings. The summed E-state index contributed by atoms with van der Waals surface area (Å²) < 4.78 is 5.89. The van der Waals surface area contributed by atoms with Gasteiger partial charge in [0.15, 0.2) is 12.4 Å². The number of rotatable bonds is 6. The molecule has 0 radical (unpaired) electrons. The predicted molar refractivity (Wildman–Crippen MR) is 93.9 cm³/mol. The average Bonchev–Trinajstić information content (AvgIpc) is 2.54. The van der Waals surface area contributed by atoms with E-state index in [1.807, 2.05) is 0 Å². The van der Waals surface area contributed by atoms with E-state index in [9.17, 15) is 14.4 Å². The maximum Gasteiger partial charge on any atom is 0.310 e. The van der Waals surface area contributed by atoms with Gasteiger partial charge < -0.3 is 10.1 Å². The molecule has 1 N–H and O–H groups in total. The normalized spacial score (nSPS) is 10.1. The van der Waals surface area contributed by atoms with Crippen molar-refractivity contribution in [3.63, 3.8) is 0 Å². The van der Waals surface area contributed by atoms with Gasteiger partial charge in [-0.15, -0.1) is 0 Å². The topological polar surface area (TPSA) is 72.5 Å². The lowest BCUT2D eigenvalue weighted by Gasteiger charge is -2.06. The fourth-order valence-corrected chi connectivity index (χ4v) is 2.26. The molecule has 6 heteroatoms. The summed E-state index contributed by atoms with van der Waals surface area (Å²) in [6.07, 6.45) is 0.0635. The summed E-state index contributed by atoms with van der Waals surface area (Å²) in [5.41, 5.74) is 1.89. The Balaban J connectivity index is 1.83. The maximum absolute atomic E-state index is 11.9.